The zero-order valence-corrected chi connectivity index (χ0v) is 22.6. The number of carbonyl (C=O) groups is 1. The smallest absolute Gasteiger partial charge is 0.343 e. The Kier molecular flexibility index (Phi) is 15.4. The molecule has 0 radical (unpaired) electrons. The van der Waals surface area contributed by atoms with Crippen molar-refractivity contribution in [2.75, 3.05) is 19.8 Å². The first-order valence-electron chi connectivity index (χ1n) is 13.9. The van der Waals surface area contributed by atoms with Gasteiger partial charge in [-0.15, -0.1) is 0 Å². The highest BCUT2D eigenvalue weighted by molar-refractivity contribution is 5.91. The molecule has 5 heteroatoms. The van der Waals surface area contributed by atoms with Crippen molar-refractivity contribution < 1.29 is 23.7 Å². The minimum absolute atomic E-state index is 0.251. The molecule has 0 aliphatic heterocycles. The van der Waals surface area contributed by atoms with E-state index in [1.165, 1.54) is 51.4 Å². The third-order valence-electron chi connectivity index (χ3n) is 6.12. The second kappa shape index (κ2) is 18.7. The molecular weight excluding hydrogens is 452 g/mol. The van der Waals surface area contributed by atoms with Gasteiger partial charge >= 0.3 is 5.97 Å². The molecule has 1 atom stereocenters. The van der Waals surface area contributed by atoms with Crippen LogP contribution in [0.25, 0.3) is 0 Å². The summed E-state index contributed by atoms with van der Waals surface area (Å²) in [6.45, 7) is 8.41. The summed E-state index contributed by atoms with van der Waals surface area (Å²) >= 11 is 0. The van der Waals surface area contributed by atoms with Crippen LogP contribution in [-0.4, -0.2) is 31.9 Å². The molecule has 0 saturated heterocycles. The maximum absolute atomic E-state index is 12.5. The van der Waals surface area contributed by atoms with E-state index in [0.29, 0.717) is 24.5 Å². The fourth-order valence-electron chi connectivity index (χ4n) is 3.99. The predicted molar refractivity (Wildman–Crippen MR) is 146 cm³/mol. The van der Waals surface area contributed by atoms with Crippen LogP contribution in [0.3, 0.4) is 0 Å². The number of benzene rings is 2. The van der Waals surface area contributed by atoms with Gasteiger partial charge in [0.1, 0.15) is 17.2 Å². The summed E-state index contributed by atoms with van der Waals surface area (Å²) in [6.07, 6.45) is 13.8. The van der Waals surface area contributed by atoms with Crippen molar-refractivity contribution in [3.05, 3.63) is 54.1 Å². The van der Waals surface area contributed by atoms with Gasteiger partial charge in [0.05, 0.1) is 24.9 Å². The molecule has 36 heavy (non-hydrogen) atoms. The van der Waals surface area contributed by atoms with E-state index in [1.54, 1.807) is 24.3 Å². The lowest BCUT2D eigenvalue weighted by Gasteiger charge is -2.12. The Labute approximate surface area is 218 Å². The van der Waals surface area contributed by atoms with Crippen molar-refractivity contribution in [1.29, 1.82) is 0 Å². The Hall–Kier alpha value is -2.53. The van der Waals surface area contributed by atoms with E-state index in [-0.39, 0.29) is 12.1 Å². The van der Waals surface area contributed by atoms with E-state index < -0.39 is 0 Å². The molecule has 0 amide bonds. The predicted octanol–water partition coefficient (Wildman–Crippen LogP) is 8.40. The van der Waals surface area contributed by atoms with Crippen molar-refractivity contribution in [1.82, 2.24) is 0 Å². The lowest BCUT2D eigenvalue weighted by molar-refractivity contribution is 0.0657. The molecule has 0 spiro atoms. The van der Waals surface area contributed by atoms with Gasteiger partial charge in [0.2, 0.25) is 0 Å². The normalized spacial score (nSPS) is 11.8. The molecule has 0 aliphatic carbocycles. The van der Waals surface area contributed by atoms with Gasteiger partial charge in [0, 0.05) is 6.61 Å². The van der Waals surface area contributed by atoms with Gasteiger partial charge in [-0.1, -0.05) is 58.3 Å². The summed E-state index contributed by atoms with van der Waals surface area (Å²) in [5.74, 6) is 1.64. The summed E-state index contributed by atoms with van der Waals surface area (Å²) in [6, 6.07) is 14.3. The fourth-order valence-corrected chi connectivity index (χ4v) is 3.99. The quantitative estimate of drug-likeness (QED) is 0.104. The van der Waals surface area contributed by atoms with Crippen molar-refractivity contribution in [3.8, 4) is 17.2 Å². The molecule has 5 nitrogen and oxygen atoms in total. The average Bonchev–Trinajstić information content (AvgIpc) is 2.89. The molecule has 0 saturated carbocycles. The third-order valence-corrected chi connectivity index (χ3v) is 6.12. The molecule has 0 aliphatic rings. The van der Waals surface area contributed by atoms with Gasteiger partial charge in [0.25, 0.3) is 0 Å². The monoisotopic (exact) mass is 498 g/mol. The number of hydrogen-bond acceptors (Lipinski definition) is 5. The van der Waals surface area contributed by atoms with Crippen LogP contribution in [0.1, 0.15) is 102 Å². The molecule has 0 bridgehead atoms. The van der Waals surface area contributed by atoms with Crippen molar-refractivity contribution >= 4 is 5.97 Å². The van der Waals surface area contributed by atoms with Crippen molar-refractivity contribution in [3.63, 3.8) is 0 Å². The van der Waals surface area contributed by atoms with E-state index in [0.717, 1.165) is 37.4 Å². The van der Waals surface area contributed by atoms with Gasteiger partial charge in [-0.2, -0.15) is 0 Å². The molecule has 2 aromatic rings. The summed E-state index contributed by atoms with van der Waals surface area (Å²) in [5.41, 5.74) is 0.495. The Morgan fingerprint density at radius 2 is 1.17 bits per heavy atom. The Morgan fingerprint density at radius 1 is 0.667 bits per heavy atom. The maximum Gasteiger partial charge on any atom is 0.343 e. The van der Waals surface area contributed by atoms with E-state index in [2.05, 4.69) is 13.8 Å². The second-order valence-electron chi connectivity index (χ2n) is 9.32. The standard InChI is InChI=1S/C31H46O5/c1-4-6-7-8-9-10-11-12-13-24-34-28-18-16-27(17-19-28)31(32)36-30-22-20-29(21-23-30)35-25-14-15-26(3)33-5-2/h16-23,26H,4-15,24-25H2,1-3H3. The van der Waals surface area contributed by atoms with Crippen LogP contribution < -0.4 is 14.2 Å². The average molecular weight is 499 g/mol. The lowest BCUT2D eigenvalue weighted by Crippen LogP contribution is -2.10. The first-order chi connectivity index (χ1) is 17.6. The van der Waals surface area contributed by atoms with Crippen LogP contribution in [0.5, 0.6) is 17.2 Å². The van der Waals surface area contributed by atoms with Crippen molar-refractivity contribution in [2.45, 2.75) is 97.5 Å². The lowest BCUT2D eigenvalue weighted by atomic mass is 10.1. The molecule has 1 unspecified atom stereocenters. The topological polar surface area (TPSA) is 54.0 Å². The minimum atomic E-state index is -0.390. The Morgan fingerprint density at radius 3 is 1.75 bits per heavy atom. The Balaban J connectivity index is 1.61. The molecular formula is C31H46O5. The first-order valence-corrected chi connectivity index (χ1v) is 13.9. The summed E-state index contributed by atoms with van der Waals surface area (Å²) in [5, 5.41) is 0. The van der Waals surface area contributed by atoms with Crippen LogP contribution >= 0.6 is 0 Å². The van der Waals surface area contributed by atoms with Gasteiger partial charge in [0.15, 0.2) is 0 Å². The zero-order chi connectivity index (χ0) is 25.8. The summed E-state index contributed by atoms with van der Waals surface area (Å²) < 4.78 is 22.6. The molecule has 0 fully saturated rings. The highest BCUT2D eigenvalue weighted by Crippen LogP contribution is 2.20. The van der Waals surface area contributed by atoms with Crippen LogP contribution in [0.15, 0.2) is 48.5 Å². The number of unbranched alkanes of at least 4 members (excludes halogenated alkanes) is 8. The number of hydrogen-bond donors (Lipinski definition) is 0. The zero-order valence-electron chi connectivity index (χ0n) is 22.6. The highest BCUT2D eigenvalue weighted by atomic mass is 16.5. The third kappa shape index (κ3) is 13.0. The van der Waals surface area contributed by atoms with E-state index in [4.69, 9.17) is 18.9 Å². The SMILES string of the molecule is CCCCCCCCCCCOc1ccc(C(=O)Oc2ccc(OCCCC(C)OCC)cc2)cc1. The minimum Gasteiger partial charge on any atom is -0.494 e. The van der Waals surface area contributed by atoms with Crippen LogP contribution in [0, 0.1) is 0 Å². The second-order valence-corrected chi connectivity index (χ2v) is 9.32. The maximum atomic E-state index is 12.5. The van der Waals surface area contributed by atoms with Crippen molar-refractivity contribution in [2.24, 2.45) is 0 Å². The number of carbonyl (C=O) groups excluding carboxylic acids is 1. The molecule has 0 heterocycles. The van der Waals surface area contributed by atoms with E-state index in [1.807, 2.05) is 31.2 Å². The van der Waals surface area contributed by atoms with Gasteiger partial charge < -0.3 is 18.9 Å². The van der Waals surface area contributed by atoms with E-state index in [9.17, 15) is 4.79 Å². The largest absolute Gasteiger partial charge is 0.494 e. The fraction of sp³-hybridized carbons (Fsp3) is 0.581. The summed E-state index contributed by atoms with van der Waals surface area (Å²) in [7, 11) is 0. The Bertz CT molecular complexity index is 816. The molecule has 2 aromatic carbocycles. The molecule has 0 N–H and O–H groups in total. The number of rotatable bonds is 20. The molecule has 0 aromatic heterocycles. The molecule has 200 valence electrons. The van der Waals surface area contributed by atoms with Crippen LogP contribution in [-0.2, 0) is 4.74 Å². The van der Waals surface area contributed by atoms with Gasteiger partial charge in [-0.05, 0) is 81.6 Å². The first kappa shape index (κ1) is 29.7. The summed E-state index contributed by atoms with van der Waals surface area (Å²) in [4.78, 5) is 12.5. The van der Waals surface area contributed by atoms with Crippen LogP contribution in [0.4, 0.5) is 0 Å². The number of esters is 1. The molecule has 2 rings (SSSR count). The van der Waals surface area contributed by atoms with Gasteiger partial charge in [-0.3, -0.25) is 0 Å². The van der Waals surface area contributed by atoms with E-state index >= 15 is 0 Å². The highest BCUT2D eigenvalue weighted by Gasteiger charge is 2.09. The number of ether oxygens (including phenoxy) is 4. The van der Waals surface area contributed by atoms with Gasteiger partial charge in [-0.25, -0.2) is 4.79 Å². The van der Waals surface area contributed by atoms with Crippen LogP contribution in [0.2, 0.25) is 0 Å².